The molecule has 0 amide bonds. The molecule has 1 saturated heterocycles. The van der Waals surface area contributed by atoms with Crippen LogP contribution in [0.2, 0.25) is 0 Å². The summed E-state index contributed by atoms with van der Waals surface area (Å²) in [6.45, 7) is 1.55. The van der Waals surface area contributed by atoms with Gasteiger partial charge in [0.25, 0.3) is 0 Å². The molecule has 0 aromatic heterocycles. The van der Waals surface area contributed by atoms with E-state index in [-0.39, 0.29) is 0 Å². The number of hydrogen-bond acceptors (Lipinski definition) is 6. The topological polar surface area (TPSA) is 128 Å². The Labute approximate surface area is 92.0 Å². The van der Waals surface area contributed by atoms with Crippen LogP contribution in [0.1, 0.15) is 6.92 Å². The van der Waals surface area contributed by atoms with Crippen molar-refractivity contribution in [3.8, 4) is 0 Å². The van der Waals surface area contributed by atoms with Crippen LogP contribution >= 0.6 is 0 Å². The Hall–Kier alpha value is -0.890. The third kappa shape index (κ3) is 2.62. The Morgan fingerprint density at radius 2 is 2.12 bits per heavy atom. The van der Waals surface area contributed by atoms with Gasteiger partial charge in [-0.2, -0.15) is 0 Å². The maximum Gasteiger partial charge on any atom is 0.169 e. The summed E-state index contributed by atoms with van der Waals surface area (Å²) < 4.78 is 10.3. The summed E-state index contributed by atoms with van der Waals surface area (Å²) in [4.78, 5) is 2.56. The normalized spacial score (nSPS) is 39.1. The quantitative estimate of drug-likeness (QED) is 0.330. The van der Waals surface area contributed by atoms with Gasteiger partial charge in [-0.05, 0) is 12.5 Å². The van der Waals surface area contributed by atoms with Gasteiger partial charge in [0, 0.05) is 11.5 Å². The van der Waals surface area contributed by atoms with Crippen LogP contribution in [0.15, 0.2) is 5.11 Å². The smallest absolute Gasteiger partial charge is 0.169 e. The van der Waals surface area contributed by atoms with Crippen LogP contribution in [0.3, 0.4) is 0 Å². The van der Waals surface area contributed by atoms with Crippen LogP contribution in [-0.2, 0) is 9.47 Å². The molecule has 3 N–H and O–H groups in total. The van der Waals surface area contributed by atoms with Crippen LogP contribution in [0, 0.1) is 0 Å². The first-order valence-electron chi connectivity index (χ1n) is 4.94. The van der Waals surface area contributed by atoms with Crippen LogP contribution in [0.4, 0.5) is 0 Å². The van der Waals surface area contributed by atoms with Gasteiger partial charge < -0.3 is 24.8 Å². The van der Waals surface area contributed by atoms with Crippen molar-refractivity contribution in [3.63, 3.8) is 0 Å². The van der Waals surface area contributed by atoms with Gasteiger partial charge in [-0.3, -0.25) is 0 Å². The molecule has 1 heterocycles. The van der Waals surface area contributed by atoms with Crippen molar-refractivity contribution in [1.82, 2.24) is 0 Å². The minimum Gasteiger partial charge on any atom is -0.394 e. The van der Waals surface area contributed by atoms with Gasteiger partial charge in [0.2, 0.25) is 0 Å². The Bertz CT molecular complexity index is 270. The van der Waals surface area contributed by atoms with Crippen molar-refractivity contribution in [3.05, 3.63) is 10.4 Å². The maximum atomic E-state index is 9.68. The number of azide groups is 1. The van der Waals surface area contributed by atoms with Gasteiger partial charge in [0.15, 0.2) is 6.29 Å². The lowest BCUT2D eigenvalue weighted by Gasteiger charge is -2.39. The van der Waals surface area contributed by atoms with Gasteiger partial charge in [-0.25, -0.2) is 0 Å². The molecule has 1 aliphatic heterocycles. The molecule has 1 aliphatic rings. The summed E-state index contributed by atoms with van der Waals surface area (Å²) in [5, 5.41) is 31.5. The fourth-order valence-electron chi connectivity index (χ4n) is 1.55. The highest BCUT2D eigenvalue weighted by atomic mass is 16.7. The summed E-state index contributed by atoms with van der Waals surface area (Å²) in [5.74, 6) is 0. The fraction of sp³-hybridized carbons (Fsp3) is 1.00. The molecule has 5 atom stereocenters. The second kappa shape index (κ2) is 6.00. The lowest BCUT2D eigenvalue weighted by atomic mass is 9.98. The molecule has 0 saturated carbocycles. The van der Waals surface area contributed by atoms with E-state index >= 15 is 0 Å². The molecule has 16 heavy (non-hydrogen) atoms. The highest BCUT2D eigenvalue weighted by molar-refractivity contribution is 4.93. The molecular weight excluding hydrogens is 218 g/mol. The summed E-state index contributed by atoms with van der Waals surface area (Å²) in [6.07, 6.45) is -4.54. The zero-order chi connectivity index (χ0) is 12.1. The van der Waals surface area contributed by atoms with Crippen molar-refractivity contribution < 1.29 is 24.8 Å². The highest BCUT2D eigenvalue weighted by Crippen LogP contribution is 2.24. The molecule has 2 unspecified atom stereocenters. The van der Waals surface area contributed by atoms with E-state index in [0.717, 1.165) is 0 Å². The van der Waals surface area contributed by atoms with Gasteiger partial charge in [0.1, 0.15) is 18.2 Å². The van der Waals surface area contributed by atoms with Crippen LogP contribution in [0.25, 0.3) is 10.4 Å². The van der Waals surface area contributed by atoms with E-state index in [0.29, 0.717) is 6.61 Å². The number of ether oxygens (including phenoxy) is 2. The molecule has 0 bridgehead atoms. The van der Waals surface area contributed by atoms with Crippen molar-refractivity contribution in [1.29, 1.82) is 0 Å². The van der Waals surface area contributed by atoms with Crippen LogP contribution < -0.4 is 0 Å². The molecule has 0 aromatic carbocycles. The monoisotopic (exact) mass is 233 g/mol. The molecule has 0 aromatic rings. The number of aliphatic hydroxyl groups is 3. The average Bonchev–Trinajstić information content (AvgIpc) is 2.28. The SMILES string of the molecule is CCO[C@@H]1OC(CO)[C@H](O)[C@H](O)C1N=[N+]=[N-]. The van der Waals surface area contributed by atoms with Crippen molar-refractivity contribution >= 4 is 0 Å². The molecule has 0 radical (unpaired) electrons. The van der Waals surface area contributed by atoms with Gasteiger partial charge >= 0.3 is 0 Å². The van der Waals surface area contributed by atoms with Crippen molar-refractivity contribution in [2.45, 2.75) is 37.6 Å². The zero-order valence-electron chi connectivity index (χ0n) is 8.80. The van der Waals surface area contributed by atoms with E-state index in [4.69, 9.17) is 20.1 Å². The lowest BCUT2D eigenvalue weighted by molar-refractivity contribution is -0.264. The highest BCUT2D eigenvalue weighted by Gasteiger charge is 2.44. The maximum absolute atomic E-state index is 9.68. The first kappa shape index (κ1) is 13.2. The third-order valence-electron chi connectivity index (χ3n) is 2.36. The van der Waals surface area contributed by atoms with Gasteiger partial charge in [-0.1, -0.05) is 5.11 Å². The van der Waals surface area contributed by atoms with Gasteiger partial charge in [0.05, 0.1) is 12.7 Å². The number of nitrogens with zero attached hydrogens (tertiary/aromatic N) is 3. The molecule has 8 heteroatoms. The molecule has 8 nitrogen and oxygen atoms in total. The van der Waals surface area contributed by atoms with Crippen LogP contribution in [-0.4, -0.2) is 59.2 Å². The minimum absolute atomic E-state index is 0.295. The minimum atomic E-state index is -1.32. The summed E-state index contributed by atoms with van der Waals surface area (Å²) in [7, 11) is 0. The first-order chi connectivity index (χ1) is 7.65. The Kier molecular flexibility index (Phi) is 4.94. The Morgan fingerprint density at radius 1 is 1.44 bits per heavy atom. The van der Waals surface area contributed by atoms with E-state index in [2.05, 4.69) is 10.0 Å². The number of hydrogen-bond donors (Lipinski definition) is 3. The molecule has 92 valence electrons. The number of aliphatic hydroxyl groups excluding tert-OH is 3. The molecular formula is C8H15N3O5. The molecule has 1 fully saturated rings. The van der Waals surface area contributed by atoms with Gasteiger partial charge in [-0.15, -0.1) is 0 Å². The van der Waals surface area contributed by atoms with Crippen molar-refractivity contribution in [2.24, 2.45) is 5.11 Å². The third-order valence-corrected chi connectivity index (χ3v) is 2.36. The predicted molar refractivity (Wildman–Crippen MR) is 52.3 cm³/mol. The fourth-order valence-corrected chi connectivity index (χ4v) is 1.55. The molecule has 1 rings (SSSR count). The van der Waals surface area contributed by atoms with E-state index in [1.54, 1.807) is 6.92 Å². The second-order valence-electron chi connectivity index (χ2n) is 3.36. The lowest BCUT2D eigenvalue weighted by Crippen LogP contribution is -2.58. The second-order valence-corrected chi connectivity index (χ2v) is 3.36. The Morgan fingerprint density at radius 3 is 2.62 bits per heavy atom. The van der Waals surface area contributed by atoms with E-state index in [9.17, 15) is 10.2 Å². The van der Waals surface area contributed by atoms with E-state index in [1.807, 2.05) is 0 Å². The van der Waals surface area contributed by atoms with E-state index in [1.165, 1.54) is 0 Å². The van der Waals surface area contributed by atoms with Crippen LogP contribution in [0.5, 0.6) is 0 Å². The summed E-state index contributed by atoms with van der Waals surface area (Å²) in [6, 6.07) is -1.03. The summed E-state index contributed by atoms with van der Waals surface area (Å²) >= 11 is 0. The predicted octanol–water partition coefficient (Wildman–Crippen LogP) is -0.859. The van der Waals surface area contributed by atoms with E-state index < -0.39 is 37.3 Å². The average molecular weight is 233 g/mol. The first-order valence-corrected chi connectivity index (χ1v) is 4.94. The number of rotatable bonds is 4. The zero-order valence-corrected chi connectivity index (χ0v) is 8.80. The standard InChI is InChI=1S/C8H15N3O5/c1-2-15-8-5(10-11-9)7(14)6(13)4(3-12)16-8/h4-8,12-14H,2-3H2,1H3/t4?,5?,6-,7+,8+/m0/s1. The van der Waals surface area contributed by atoms with Crippen molar-refractivity contribution in [2.75, 3.05) is 13.2 Å². The largest absolute Gasteiger partial charge is 0.394 e. The summed E-state index contributed by atoms with van der Waals surface area (Å²) in [5.41, 5.74) is 8.34. The molecule has 0 spiro atoms. The Balaban J connectivity index is 2.83. The molecule has 0 aliphatic carbocycles.